The number of aromatic nitrogens is 2. The highest BCUT2D eigenvalue weighted by Gasteiger charge is 2.38. The molecule has 3 rings (SSSR count). The highest BCUT2D eigenvalue weighted by atomic mass is 32.2. The van der Waals surface area contributed by atoms with Gasteiger partial charge in [0, 0.05) is 26.8 Å². The van der Waals surface area contributed by atoms with Gasteiger partial charge in [-0.15, -0.1) is 0 Å². The molecule has 0 aliphatic carbocycles. The standard InChI is InChI=1S/C16H18FN3O4S/c1-18-10-14(15(21)19(2)16(18)22)25(23,24)20-9-3-4-13(20)11-5-7-12(17)8-6-11/h5-8,10,13H,3-4,9H2,1-2H3. The number of aryl methyl sites for hydroxylation is 1. The van der Waals surface area contributed by atoms with Gasteiger partial charge < -0.3 is 4.57 Å². The summed E-state index contributed by atoms with van der Waals surface area (Å²) in [5.41, 5.74) is -0.780. The van der Waals surface area contributed by atoms with Gasteiger partial charge in [0.2, 0.25) is 0 Å². The normalized spacial score (nSPS) is 18.6. The third-order valence-corrected chi connectivity index (χ3v) is 6.35. The minimum absolute atomic E-state index is 0.260. The quantitative estimate of drug-likeness (QED) is 0.802. The van der Waals surface area contributed by atoms with Crippen molar-refractivity contribution in [3.8, 4) is 0 Å². The second-order valence-electron chi connectivity index (χ2n) is 6.08. The van der Waals surface area contributed by atoms with Crippen LogP contribution in [0.15, 0.2) is 44.9 Å². The van der Waals surface area contributed by atoms with E-state index >= 15 is 0 Å². The topological polar surface area (TPSA) is 81.4 Å². The average molecular weight is 367 g/mol. The second-order valence-corrected chi connectivity index (χ2v) is 7.94. The summed E-state index contributed by atoms with van der Waals surface area (Å²) in [7, 11) is -1.46. The maximum atomic E-state index is 13.1. The molecular weight excluding hydrogens is 349 g/mol. The molecule has 0 amide bonds. The van der Waals surface area contributed by atoms with Crippen molar-refractivity contribution >= 4 is 10.0 Å². The Kier molecular flexibility index (Phi) is 4.38. The summed E-state index contributed by atoms with van der Waals surface area (Å²) < 4.78 is 42.3. The van der Waals surface area contributed by atoms with Gasteiger partial charge in [-0.05, 0) is 30.5 Å². The van der Waals surface area contributed by atoms with E-state index in [0.29, 0.717) is 18.4 Å². The minimum Gasteiger partial charge on any atom is -0.302 e. The molecule has 1 aliphatic heterocycles. The van der Waals surface area contributed by atoms with Crippen molar-refractivity contribution < 1.29 is 12.8 Å². The largest absolute Gasteiger partial charge is 0.330 e. The van der Waals surface area contributed by atoms with Gasteiger partial charge in [-0.25, -0.2) is 17.6 Å². The van der Waals surface area contributed by atoms with Gasteiger partial charge in [0.25, 0.3) is 15.6 Å². The van der Waals surface area contributed by atoms with Crippen LogP contribution in [0, 0.1) is 5.82 Å². The Morgan fingerprint density at radius 3 is 2.40 bits per heavy atom. The van der Waals surface area contributed by atoms with E-state index < -0.39 is 38.0 Å². The van der Waals surface area contributed by atoms with Crippen molar-refractivity contribution in [3.63, 3.8) is 0 Å². The number of rotatable bonds is 3. The van der Waals surface area contributed by atoms with E-state index in [-0.39, 0.29) is 6.54 Å². The molecule has 0 spiro atoms. The van der Waals surface area contributed by atoms with Crippen LogP contribution >= 0.6 is 0 Å². The molecule has 1 fully saturated rings. The molecule has 1 aliphatic rings. The summed E-state index contributed by atoms with van der Waals surface area (Å²) in [5.74, 6) is -0.400. The van der Waals surface area contributed by atoms with Gasteiger partial charge in [0.05, 0.1) is 6.04 Å². The molecule has 1 unspecified atom stereocenters. The van der Waals surface area contributed by atoms with Crippen molar-refractivity contribution in [3.05, 3.63) is 62.7 Å². The molecular formula is C16H18FN3O4S. The monoisotopic (exact) mass is 367 g/mol. The van der Waals surface area contributed by atoms with Crippen LogP contribution in [0.25, 0.3) is 0 Å². The van der Waals surface area contributed by atoms with E-state index in [1.54, 1.807) is 12.1 Å². The smallest absolute Gasteiger partial charge is 0.302 e. The van der Waals surface area contributed by atoms with Crippen molar-refractivity contribution in [1.82, 2.24) is 13.4 Å². The Labute approximate surface area is 144 Å². The lowest BCUT2D eigenvalue weighted by atomic mass is 10.1. The number of hydrogen-bond acceptors (Lipinski definition) is 4. The lowest BCUT2D eigenvalue weighted by molar-refractivity contribution is 0.394. The van der Waals surface area contributed by atoms with Crippen molar-refractivity contribution in [2.24, 2.45) is 14.1 Å². The van der Waals surface area contributed by atoms with Gasteiger partial charge in [-0.1, -0.05) is 12.1 Å². The summed E-state index contributed by atoms with van der Waals surface area (Å²) in [6.45, 7) is 0.260. The average Bonchev–Trinajstić information content (AvgIpc) is 3.07. The lowest BCUT2D eigenvalue weighted by Gasteiger charge is -2.24. The Bertz CT molecular complexity index is 1020. The van der Waals surface area contributed by atoms with Gasteiger partial charge in [-0.2, -0.15) is 4.31 Å². The van der Waals surface area contributed by atoms with Crippen molar-refractivity contribution in [2.45, 2.75) is 23.8 Å². The number of hydrogen-bond donors (Lipinski definition) is 0. The first-order valence-corrected chi connectivity index (χ1v) is 9.21. The van der Waals surface area contributed by atoms with Crippen LogP contribution in [0.4, 0.5) is 4.39 Å². The third-order valence-electron chi connectivity index (χ3n) is 4.46. The molecule has 0 saturated carbocycles. The first-order chi connectivity index (χ1) is 11.7. The van der Waals surface area contributed by atoms with Crippen molar-refractivity contribution in [2.75, 3.05) is 6.54 Å². The molecule has 1 saturated heterocycles. The highest BCUT2D eigenvalue weighted by molar-refractivity contribution is 7.89. The zero-order valence-corrected chi connectivity index (χ0v) is 14.7. The molecule has 9 heteroatoms. The van der Waals surface area contributed by atoms with E-state index in [9.17, 15) is 22.4 Å². The van der Waals surface area contributed by atoms with Crippen molar-refractivity contribution in [1.29, 1.82) is 0 Å². The maximum absolute atomic E-state index is 13.1. The molecule has 25 heavy (non-hydrogen) atoms. The van der Waals surface area contributed by atoms with Gasteiger partial charge >= 0.3 is 5.69 Å². The van der Waals surface area contributed by atoms with Crippen LogP contribution in [0.2, 0.25) is 0 Å². The first kappa shape index (κ1) is 17.6. The van der Waals surface area contributed by atoms with Gasteiger partial charge in [-0.3, -0.25) is 9.36 Å². The lowest BCUT2D eigenvalue weighted by Crippen LogP contribution is -2.42. The van der Waals surface area contributed by atoms with E-state index in [2.05, 4.69) is 0 Å². The van der Waals surface area contributed by atoms with E-state index in [0.717, 1.165) is 15.3 Å². The molecule has 2 heterocycles. The second kappa shape index (κ2) is 6.23. The Balaban J connectivity index is 2.10. The molecule has 2 aromatic rings. The molecule has 0 bridgehead atoms. The summed E-state index contributed by atoms with van der Waals surface area (Å²) >= 11 is 0. The van der Waals surface area contributed by atoms with Crippen LogP contribution in [0.1, 0.15) is 24.4 Å². The molecule has 0 radical (unpaired) electrons. The fraction of sp³-hybridized carbons (Fsp3) is 0.375. The van der Waals surface area contributed by atoms with Crippen LogP contribution in [-0.4, -0.2) is 28.4 Å². The molecule has 7 nitrogen and oxygen atoms in total. The van der Waals surface area contributed by atoms with E-state index in [4.69, 9.17) is 0 Å². The summed E-state index contributed by atoms with van der Waals surface area (Å²) in [5, 5.41) is 0. The van der Waals surface area contributed by atoms with Gasteiger partial charge in [0.15, 0.2) is 4.90 Å². The molecule has 1 aromatic heterocycles. The molecule has 1 atom stereocenters. The van der Waals surface area contributed by atoms with Crippen LogP contribution in [-0.2, 0) is 24.1 Å². The predicted octanol–water partition coefficient (Wildman–Crippen LogP) is 0.749. The highest BCUT2D eigenvalue weighted by Crippen LogP contribution is 2.35. The van der Waals surface area contributed by atoms with Gasteiger partial charge in [0.1, 0.15) is 5.82 Å². The summed E-state index contributed by atoms with van der Waals surface area (Å²) in [6.07, 6.45) is 2.27. The number of sulfonamides is 1. The number of halogens is 1. The SMILES string of the molecule is Cn1cc(S(=O)(=O)N2CCCC2c2ccc(F)cc2)c(=O)n(C)c1=O. The minimum atomic E-state index is -4.09. The molecule has 134 valence electrons. The molecule has 1 aromatic carbocycles. The Hall–Kier alpha value is -2.26. The first-order valence-electron chi connectivity index (χ1n) is 7.77. The zero-order valence-electron chi connectivity index (χ0n) is 13.8. The Morgan fingerprint density at radius 2 is 1.76 bits per heavy atom. The predicted molar refractivity (Wildman–Crippen MR) is 89.2 cm³/mol. The fourth-order valence-electron chi connectivity index (χ4n) is 3.12. The summed E-state index contributed by atoms with van der Waals surface area (Å²) in [4.78, 5) is 23.7. The number of benzene rings is 1. The third kappa shape index (κ3) is 2.93. The zero-order chi connectivity index (χ0) is 18.4. The maximum Gasteiger partial charge on any atom is 0.330 e. The number of nitrogens with zero attached hydrogens (tertiary/aromatic N) is 3. The van der Waals surface area contributed by atoms with Crippen LogP contribution in [0.3, 0.4) is 0 Å². The molecule has 0 N–H and O–H groups in total. The van der Waals surface area contributed by atoms with Crippen LogP contribution in [0.5, 0.6) is 0 Å². The Morgan fingerprint density at radius 1 is 1.12 bits per heavy atom. The van der Waals surface area contributed by atoms with Crippen LogP contribution < -0.4 is 11.2 Å². The van der Waals surface area contributed by atoms with E-state index in [1.807, 2.05) is 0 Å². The fourth-order valence-corrected chi connectivity index (χ4v) is 4.96. The summed E-state index contributed by atoms with van der Waals surface area (Å²) in [6, 6.07) is 5.19. The van der Waals surface area contributed by atoms with E-state index in [1.165, 1.54) is 30.5 Å².